The third-order valence-corrected chi connectivity index (χ3v) is 4.57. The van der Waals surface area contributed by atoms with E-state index in [-0.39, 0.29) is 0 Å². The fourth-order valence-electron chi connectivity index (χ4n) is 3.14. The van der Waals surface area contributed by atoms with Crippen LogP contribution in [0.4, 0.5) is 0 Å². The zero-order valence-electron chi connectivity index (χ0n) is 17.7. The van der Waals surface area contributed by atoms with Crippen LogP contribution in [0, 0.1) is 0 Å². The summed E-state index contributed by atoms with van der Waals surface area (Å²) in [7, 11) is 4.96. The van der Waals surface area contributed by atoms with Gasteiger partial charge in [-0.05, 0) is 29.7 Å². The van der Waals surface area contributed by atoms with E-state index in [0.29, 0.717) is 44.4 Å². The predicted octanol–water partition coefficient (Wildman–Crippen LogP) is 3.12. The Hall–Kier alpha value is -2.12. The summed E-state index contributed by atoms with van der Waals surface area (Å²) in [5.74, 6) is 1.41. The minimum atomic E-state index is -0.568. The molecule has 0 saturated heterocycles. The SMILES string of the molecule is COCCCN(Cc1ccc(OC)c(OC)c1)C[C@@H](O)COCc1ccccc1. The molecule has 1 atom stereocenters. The summed E-state index contributed by atoms with van der Waals surface area (Å²) in [6, 6.07) is 15.9. The van der Waals surface area contributed by atoms with Crippen LogP contribution in [-0.4, -0.2) is 63.7 Å². The average Bonchev–Trinajstić information content (AvgIpc) is 2.74. The average molecular weight is 404 g/mol. The first kappa shape index (κ1) is 23.2. The normalized spacial score (nSPS) is 12.2. The Labute approximate surface area is 174 Å². The molecule has 0 saturated carbocycles. The van der Waals surface area contributed by atoms with Gasteiger partial charge in [0.25, 0.3) is 0 Å². The Morgan fingerprint density at radius 3 is 2.38 bits per heavy atom. The number of hydrogen-bond donors (Lipinski definition) is 1. The van der Waals surface area contributed by atoms with E-state index >= 15 is 0 Å². The molecule has 0 aliphatic heterocycles. The Morgan fingerprint density at radius 1 is 0.931 bits per heavy atom. The van der Waals surface area contributed by atoms with Gasteiger partial charge in [0.15, 0.2) is 11.5 Å². The molecule has 0 aromatic heterocycles. The van der Waals surface area contributed by atoms with Gasteiger partial charge >= 0.3 is 0 Å². The minimum absolute atomic E-state index is 0.293. The fourth-order valence-corrected chi connectivity index (χ4v) is 3.14. The maximum Gasteiger partial charge on any atom is 0.161 e. The molecule has 29 heavy (non-hydrogen) atoms. The van der Waals surface area contributed by atoms with Gasteiger partial charge in [-0.2, -0.15) is 0 Å². The first-order valence-electron chi connectivity index (χ1n) is 9.88. The monoisotopic (exact) mass is 403 g/mol. The Balaban J connectivity index is 1.90. The zero-order chi connectivity index (χ0) is 20.9. The van der Waals surface area contributed by atoms with Gasteiger partial charge in [-0.15, -0.1) is 0 Å². The van der Waals surface area contributed by atoms with Crippen molar-refractivity contribution in [2.75, 3.05) is 47.6 Å². The predicted molar refractivity (Wildman–Crippen MR) is 113 cm³/mol. The largest absolute Gasteiger partial charge is 0.493 e. The van der Waals surface area contributed by atoms with Crippen molar-refractivity contribution >= 4 is 0 Å². The topological polar surface area (TPSA) is 60.4 Å². The number of nitrogens with zero attached hydrogens (tertiary/aromatic N) is 1. The summed E-state index contributed by atoms with van der Waals surface area (Å²) in [5.41, 5.74) is 2.19. The van der Waals surface area contributed by atoms with Crippen LogP contribution in [0.15, 0.2) is 48.5 Å². The molecule has 0 aliphatic carbocycles. The quantitative estimate of drug-likeness (QED) is 0.489. The van der Waals surface area contributed by atoms with Gasteiger partial charge in [-0.3, -0.25) is 4.90 Å². The van der Waals surface area contributed by atoms with Crippen LogP contribution in [0.25, 0.3) is 0 Å². The van der Waals surface area contributed by atoms with Crippen molar-refractivity contribution in [3.63, 3.8) is 0 Å². The van der Waals surface area contributed by atoms with Gasteiger partial charge < -0.3 is 24.1 Å². The van der Waals surface area contributed by atoms with E-state index in [1.54, 1.807) is 21.3 Å². The molecule has 0 spiro atoms. The van der Waals surface area contributed by atoms with Crippen LogP contribution in [0.3, 0.4) is 0 Å². The highest BCUT2D eigenvalue weighted by atomic mass is 16.5. The molecule has 1 N–H and O–H groups in total. The van der Waals surface area contributed by atoms with E-state index in [1.165, 1.54) is 0 Å². The summed E-state index contributed by atoms with van der Waals surface area (Å²) >= 11 is 0. The van der Waals surface area contributed by atoms with Crippen molar-refractivity contribution in [1.29, 1.82) is 0 Å². The lowest BCUT2D eigenvalue weighted by Gasteiger charge is -2.25. The van der Waals surface area contributed by atoms with E-state index < -0.39 is 6.10 Å². The van der Waals surface area contributed by atoms with Crippen LogP contribution < -0.4 is 9.47 Å². The third kappa shape index (κ3) is 8.41. The smallest absolute Gasteiger partial charge is 0.161 e. The number of aliphatic hydroxyl groups excluding tert-OH is 1. The molecular weight excluding hydrogens is 370 g/mol. The first-order chi connectivity index (χ1) is 14.2. The van der Waals surface area contributed by atoms with Gasteiger partial charge in [-0.1, -0.05) is 36.4 Å². The molecule has 0 amide bonds. The summed E-state index contributed by atoms with van der Waals surface area (Å²) in [6.07, 6.45) is 0.322. The number of hydrogen-bond acceptors (Lipinski definition) is 6. The Morgan fingerprint density at radius 2 is 1.69 bits per heavy atom. The minimum Gasteiger partial charge on any atom is -0.493 e. The van der Waals surface area contributed by atoms with E-state index in [2.05, 4.69) is 4.90 Å². The highest BCUT2D eigenvalue weighted by molar-refractivity contribution is 5.42. The standard InChI is InChI=1S/C23H33NO5/c1-26-13-7-12-24(15-20-10-11-22(27-2)23(14-20)28-3)16-21(25)18-29-17-19-8-5-4-6-9-19/h4-6,8-11,14,21,25H,7,12-13,15-18H2,1-3H3/t21-/m1/s1. The second-order valence-corrected chi connectivity index (χ2v) is 6.93. The van der Waals surface area contributed by atoms with Crippen LogP contribution in [0.2, 0.25) is 0 Å². The van der Waals surface area contributed by atoms with Gasteiger partial charge in [0.1, 0.15) is 0 Å². The first-order valence-corrected chi connectivity index (χ1v) is 9.88. The van der Waals surface area contributed by atoms with Crippen molar-refractivity contribution in [1.82, 2.24) is 4.90 Å². The third-order valence-electron chi connectivity index (χ3n) is 4.57. The van der Waals surface area contributed by atoms with Crippen LogP contribution in [0.1, 0.15) is 17.5 Å². The zero-order valence-corrected chi connectivity index (χ0v) is 17.7. The van der Waals surface area contributed by atoms with Crippen molar-refractivity contribution < 1.29 is 24.1 Å². The molecule has 6 heteroatoms. The molecule has 0 aliphatic rings. The summed E-state index contributed by atoms with van der Waals surface area (Å²) in [5, 5.41) is 10.5. The number of benzene rings is 2. The maximum atomic E-state index is 10.5. The second-order valence-electron chi connectivity index (χ2n) is 6.93. The molecule has 0 fully saturated rings. The van der Waals surface area contributed by atoms with E-state index in [4.69, 9.17) is 18.9 Å². The maximum absolute atomic E-state index is 10.5. The molecule has 0 heterocycles. The van der Waals surface area contributed by atoms with E-state index in [9.17, 15) is 5.11 Å². The lowest BCUT2D eigenvalue weighted by Crippen LogP contribution is -2.35. The molecule has 6 nitrogen and oxygen atoms in total. The van der Waals surface area contributed by atoms with Crippen LogP contribution in [-0.2, 0) is 22.6 Å². The number of rotatable bonds is 14. The van der Waals surface area contributed by atoms with Crippen molar-refractivity contribution in [3.8, 4) is 11.5 Å². The van der Waals surface area contributed by atoms with Crippen molar-refractivity contribution in [2.24, 2.45) is 0 Å². The highest BCUT2D eigenvalue weighted by Crippen LogP contribution is 2.28. The molecular formula is C23H33NO5. The van der Waals surface area contributed by atoms with Gasteiger partial charge in [0.2, 0.25) is 0 Å². The lowest BCUT2D eigenvalue weighted by atomic mass is 10.1. The fraction of sp³-hybridized carbons (Fsp3) is 0.478. The molecule has 2 aromatic carbocycles. The molecule has 2 rings (SSSR count). The number of methoxy groups -OCH3 is 3. The van der Waals surface area contributed by atoms with Crippen molar-refractivity contribution in [2.45, 2.75) is 25.7 Å². The van der Waals surface area contributed by atoms with E-state index in [1.807, 2.05) is 48.5 Å². The van der Waals surface area contributed by atoms with Crippen molar-refractivity contribution in [3.05, 3.63) is 59.7 Å². The van der Waals surface area contributed by atoms with Crippen LogP contribution >= 0.6 is 0 Å². The second kappa shape index (κ2) is 13.2. The Kier molecular flexibility index (Phi) is 10.5. The van der Waals surface area contributed by atoms with E-state index in [0.717, 1.165) is 24.1 Å². The summed E-state index contributed by atoms with van der Waals surface area (Å²) in [4.78, 5) is 2.21. The molecule has 0 unspecified atom stereocenters. The number of aliphatic hydroxyl groups is 1. The molecule has 2 aromatic rings. The molecule has 0 radical (unpaired) electrons. The van der Waals surface area contributed by atoms with Crippen LogP contribution in [0.5, 0.6) is 11.5 Å². The van der Waals surface area contributed by atoms with Gasteiger partial charge in [-0.25, -0.2) is 0 Å². The summed E-state index contributed by atoms with van der Waals surface area (Å²) in [6.45, 7) is 3.51. The number of ether oxygens (including phenoxy) is 4. The highest BCUT2D eigenvalue weighted by Gasteiger charge is 2.14. The molecule has 0 bridgehead atoms. The van der Waals surface area contributed by atoms with Gasteiger partial charge in [0, 0.05) is 33.4 Å². The Bertz CT molecular complexity index is 695. The summed E-state index contributed by atoms with van der Waals surface area (Å²) < 4.78 is 21.6. The molecule has 160 valence electrons. The lowest BCUT2D eigenvalue weighted by molar-refractivity contribution is 0.00738. The van der Waals surface area contributed by atoms with Gasteiger partial charge in [0.05, 0.1) is 33.5 Å².